The summed E-state index contributed by atoms with van der Waals surface area (Å²) in [6.45, 7) is 2.85. The van der Waals surface area contributed by atoms with Crippen molar-refractivity contribution in [3.05, 3.63) is 78.9 Å². The number of nitrogens with zero attached hydrogens (tertiary/aromatic N) is 3. The van der Waals surface area contributed by atoms with E-state index in [0.717, 1.165) is 21.7 Å². The zero-order valence-electron chi connectivity index (χ0n) is 18.6. The molecule has 4 rings (SSSR count). The minimum absolute atomic E-state index is 0.120. The van der Waals surface area contributed by atoms with Crippen LogP contribution in [0.25, 0.3) is 0 Å². The molecule has 0 spiro atoms. The molecule has 0 aliphatic carbocycles. The van der Waals surface area contributed by atoms with Gasteiger partial charge in [0, 0.05) is 24.4 Å². The topological polar surface area (TPSA) is 76.5 Å². The number of thiophene rings is 1. The van der Waals surface area contributed by atoms with Gasteiger partial charge in [-0.15, -0.1) is 16.1 Å². The molecule has 1 aliphatic heterocycles. The summed E-state index contributed by atoms with van der Waals surface area (Å²) in [5, 5.41) is 3.04. The molecule has 0 radical (unpaired) electrons. The third kappa shape index (κ3) is 4.93. The Morgan fingerprint density at radius 2 is 1.94 bits per heavy atom. The largest absolute Gasteiger partial charge is 0.416 e. The minimum Gasteiger partial charge on any atom is -0.411 e. The lowest BCUT2D eigenvalue weighted by molar-refractivity contribution is -0.137. The molecule has 0 fully saturated rings. The van der Waals surface area contributed by atoms with E-state index < -0.39 is 17.3 Å². The van der Waals surface area contributed by atoms with Crippen LogP contribution in [0.4, 0.5) is 19.1 Å². The quantitative estimate of drug-likeness (QED) is 0.570. The molecule has 7 nitrogen and oxygen atoms in total. The van der Waals surface area contributed by atoms with E-state index in [1.807, 2.05) is 13.0 Å². The number of benzene rings is 1. The highest BCUT2D eigenvalue weighted by Crippen LogP contribution is 2.29. The number of amides is 1. The van der Waals surface area contributed by atoms with Gasteiger partial charge in [-0.25, -0.2) is 4.98 Å². The van der Waals surface area contributed by atoms with E-state index in [0.29, 0.717) is 47.6 Å². The number of nitrogens with one attached hydrogen (secondary N) is 1. The molecule has 3 heterocycles. The summed E-state index contributed by atoms with van der Waals surface area (Å²) in [7, 11) is 1.34. The number of hydrogen-bond donors (Lipinski definition) is 1. The summed E-state index contributed by atoms with van der Waals surface area (Å²) < 4.78 is 39.2. The maximum Gasteiger partial charge on any atom is 0.416 e. The van der Waals surface area contributed by atoms with Gasteiger partial charge in [-0.1, -0.05) is 12.1 Å². The Morgan fingerprint density at radius 3 is 2.56 bits per heavy atom. The van der Waals surface area contributed by atoms with Crippen LogP contribution >= 0.6 is 11.3 Å². The van der Waals surface area contributed by atoms with Gasteiger partial charge in [-0.3, -0.25) is 9.59 Å². The van der Waals surface area contributed by atoms with Crippen molar-refractivity contribution in [2.24, 2.45) is 0 Å². The molecule has 34 heavy (non-hydrogen) atoms. The van der Waals surface area contributed by atoms with Crippen LogP contribution in [0.3, 0.4) is 0 Å². The summed E-state index contributed by atoms with van der Waals surface area (Å²) in [5.41, 5.74) is 0.618. The normalized spacial score (nSPS) is 13.5. The highest BCUT2D eigenvalue weighted by Gasteiger charge is 2.30. The van der Waals surface area contributed by atoms with Crippen molar-refractivity contribution < 1.29 is 22.8 Å². The fourth-order valence-electron chi connectivity index (χ4n) is 3.80. The van der Waals surface area contributed by atoms with Crippen LogP contribution in [0.15, 0.2) is 41.2 Å². The van der Waals surface area contributed by atoms with Gasteiger partial charge < -0.3 is 15.1 Å². The molecular weight excluding hydrogens is 469 g/mol. The fraction of sp³-hybridized carbons (Fsp3) is 0.348. The van der Waals surface area contributed by atoms with Crippen LogP contribution in [-0.2, 0) is 25.6 Å². The maximum atomic E-state index is 13.1. The lowest BCUT2D eigenvalue weighted by Gasteiger charge is -2.28. The monoisotopic (exact) mass is 492 g/mol. The van der Waals surface area contributed by atoms with E-state index in [9.17, 15) is 22.8 Å². The van der Waals surface area contributed by atoms with Crippen molar-refractivity contribution >= 4 is 23.2 Å². The van der Waals surface area contributed by atoms with Crippen LogP contribution in [0.2, 0.25) is 0 Å². The third-order valence-corrected chi connectivity index (χ3v) is 6.58. The number of fused-ring (bicyclic) bond motifs is 1. The molecule has 0 unspecified atom stereocenters. The lowest BCUT2D eigenvalue weighted by atomic mass is 10.1. The van der Waals surface area contributed by atoms with Crippen molar-refractivity contribution in [3.8, 4) is 0 Å². The predicted molar refractivity (Wildman–Crippen MR) is 122 cm³/mol. The van der Waals surface area contributed by atoms with Crippen molar-refractivity contribution in [1.29, 1.82) is 0 Å². The van der Waals surface area contributed by atoms with E-state index in [2.05, 4.69) is 10.3 Å². The van der Waals surface area contributed by atoms with Gasteiger partial charge in [0.1, 0.15) is 7.11 Å². The molecule has 1 N–H and O–H groups in total. The molecule has 1 aromatic carbocycles. The Hall–Kier alpha value is -3.34. The van der Waals surface area contributed by atoms with E-state index in [-0.39, 0.29) is 18.4 Å². The highest BCUT2D eigenvalue weighted by molar-refractivity contribution is 7.13. The van der Waals surface area contributed by atoms with Gasteiger partial charge in [0.15, 0.2) is 0 Å². The minimum atomic E-state index is -4.37. The fourth-order valence-corrected chi connectivity index (χ4v) is 4.63. The number of anilines is 1. The number of carbonyl (C=O) groups is 1. The number of aromatic nitrogens is 2. The molecule has 0 saturated heterocycles. The van der Waals surface area contributed by atoms with Crippen LogP contribution in [-0.4, -0.2) is 40.7 Å². The second-order valence-electron chi connectivity index (χ2n) is 7.90. The second kappa shape index (κ2) is 9.49. The van der Waals surface area contributed by atoms with Gasteiger partial charge in [-0.2, -0.15) is 13.2 Å². The van der Waals surface area contributed by atoms with Crippen LogP contribution < -0.4 is 15.7 Å². The number of carbonyl (C=O) groups excluding carboxylic acids is 1. The zero-order valence-corrected chi connectivity index (χ0v) is 19.4. The summed E-state index contributed by atoms with van der Waals surface area (Å²) >= 11 is 1.41. The van der Waals surface area contributed by atoms with E-state index in [1.165, 1.54) is 30.6 Å². The number of rotatable bonds is 6. The third-order valence-electron chi connectivity index (χ3n) is 5.59. The standard InChI is InChI=1S/C23H23F3N4O3S/c1-14-3-8-19(34-14)21(32)29-12-10-18-17(13-29)20(31)30(33-2)22(28-18)27-11-9-15-4-6-16(7-5-15)23(24,25)26/h3-8H,9-13H2,1-2H3,(H,27,28). The van der Waals surface area contributed by atoms with Crippen molar-refractivity contribution in [2.75, 3.05) is 25.5 Å². The Labute approximate surface area is 197 Å². The average molecular weight is 493 g/mol. The van der Waals surface area contributed by atoms with Gasteiger partial charge in [0.05, 0.1) is 28.2 Å². The molecule has 3 aromatic rings. The first-order valence-corrected chi connectivity index (χ1v) is 11.4. The molecule has 0 saturated carbocycles. The number of halogens is 3. The van der Waals surface area contributed by atoms with Crippen LogP contribution in [0.1, 0.15) is 36.9 Å². The zero-order chi connectivity index (χ0) is 24.5. The number of alkyl halides is 3. The summed E-state index contributed by atoms with van der Waals surface area (Å²) in [5.74, 6) is 0.0951. The number of hydrogen-bond acceptors (Lipinski definition) is 6. The SMILES string of the molecule is COn1c(NCCc2ccc(C(F)(F)F)cc2)nc2c(c1=O)CN(C(=O)c1ccc(C)s1)CC2. The van der Waals surface area contributed by atoms with Crippen LogP contribution in [0.5, 0.6) is 0 Å². The van der Waals surface area contributed by atoms with E-state index >= 15 is 0 Å². The van der Waals surface area contributed by atoms with Gasteiger partial charge in [0.25, 0.3) is 11.5 Å². The van der Waals surface area contributed by atoms with Gasteiger partial charge in [0.2, 0.25) is 5.95 Å². The molecule has 0 atom stereocenters. The number of aryl methyl sites for hydroxylation is 1. The molecule has 0 bridgehead atoms. The molecule has 2 aromatic heterocycles. The van der Waals surface area contributed by atoms with Gasteiger partial charge >= 0.3 is 6.18 Å². The van der Waals surface area contributed by atoms with Crippen LogP contribution in [0, 0.1) is 6.92 Å². The highest BCUT2D eigenvalue weighted by atomic mass is 32.1. The first-order valence-electron chi connectivity index (χ1n) is 10.6. The summed E-state index contributed by atoms with van der Waals surface area (Å²) in [6.07, 6.45) is -3.52. The lowest BCUT2D eigenvalue weighted by Crippen LogP contribution is -2.42. The average Bonchev–Trinajstić information content (AvgIpc) is 3.24. The van der Waals surface area contributed by atoms with Gasteiger partial charge in [-0.05, 0) is 43.2 Å². The Morgan fingerprint density at radius 1 is 1.21 bits per heavy atom. The molecule has 1 aliphatic rings. The molecule has 180 valence electrons. The van der Waals surface area contributed by atoms with E-state index in [1.54, 1.807) is 11.0 Å². The van der Waals surface area contributed by atoms with Crippen molar-refractivity contribution in [3.63, 3.8) is 0 Å². The second-order valence-corrected chi connectivity index (χ2v) is 9.19. The first-order chi connectivity index (χ1) is 16.2. The van der Waals surface area contributed by atoms with Crippen molar-refractivity contribution in [2.45, 2.75) is 32.5 Å². The Bertz CT molecular complexity index is 1250. The molecule has 11 heteroatoms. The Kier molecular flexibility index (Phi) is 6.65. The molecule has 1 amide bonds. The molecular formula is C23H23F3N4O3S. The predicted octanol–water partition coefficient (Wildman–Crippen LogP) is 3.54. The van der Waals surface area contributed by atoms with Crippen molar-refractivity contribution in [1.82, 2.24) is 14.6 Å². The summed E-state index contributed by atoms with van der Waals surface area (Å²) in [6, 6.07) is 8.61. The first kappa shape index (κ1) is 23.8. The summed E-state index contributed by atoms with van der Waals surface area (Å²) in [4.78, 5) is 38.9. The maximum absolute atomic E-state index is 13.1. The van der Waals surface area contributed by atoms with E-state index in [4.69, 9.17) is 4.84 Å². The Balaban J connectivity index is 1.46. The smallest absolute Gasteiger partial charge is 0.411 e.